The van der Waals surface area contributed by atoms with E-state index in [2.05, 4.69) is 11.8 Å². The van der Waals surface area contributed by atoms with E-state index in [4.69, 9.17) is 15.7 Å². The summed E-state index contributed by atoms with van der Waals surface area (Å²) in [6.07, 6.45) is 0. The van der Waals surface area contributed by atoms with Crippen LogP contribution in [0.2, 0.25) is 0 Å². The number of hydrogen-bond acceptors (Lipinski definition) is 4. The van der Waals surface area contributed by atoms with Gasteiger partial charge in [0, 0.05) is 19.7 Å². The van der Waals surface area contributed by atoms with Crippen LogP contribution in [-0.4, -0.2) is 43.8 Å². The Labute approximate surface area is 80.3 Å². The third kappa shape index (κ3) is 6.52. The van der Waals surface area contributed by atoms with Crippen LogP contribution in [0.3, 0.4) is 0 Å². The fourth-order valence-corrected chi connectivity index (χ4v) is 1.04. The maximum Gasteiger partial charge on any atom is 0.106 e. The molecule has 0 radical (unpaired) electrons. The lowest BCUT2D eigenvalue weighted by atomic mass is 10.3. The summed E-state index contributed by atoms with van der Waals surface area (Å²) < 4.78 is 5.22. The van der Waals surface area contributed by atoms with Crippen LogP contribution >= 0.6 is 0 Å². The topological polar surface area (TPSA) is 62.3 Å². The first kappa shape index (κ1) is 12.4. The van der Waals surface area contributed by atoms with Gasteiger partial charge >= 0.3 is 0 Å². The molecule has 0 saturated heterocycles. The number of nitriles is 1. The molecule has 0 rings (SSSR count). The number of rotatable bonds is 7. The Morgan fingerprint density at radius 3 is 2.69 bits per heavy atom. The Bertz CT molecular complexity index is 155. The van der Waals surface area contributed by atoms with Gasteiger partial charge in [-0.1, -0.05) is 6.92 Å². The van der Waals surface area contributed by atoms with E-state index in [1.165, 1.54) is 0 Å². The third-order valence-electron chi connectivity index (χ3n) is 1.82. The number of ether oxygens (including phenoxy) is 1. The van der Waals surface area contributed by atoms with Crippen LogP contribution in [0.1, 0.15) is 13.8 Å². The standard InChI is InChI=1S/C9H19N3O/c1-3-12(5-6-13-4-2)8-9(11)7-10/h9H,3-6,8,11H2,1-2H3. The van der Waals surface area contributed by atoms with Gasteiger partial charge in [0.05, 0.1) is 12.7 Å². The summed E-state index contributed by atoms with van der Waals surface area (Å²) in [5.74, 6) is 0. The van der Waals surface area contributed by atoms with Gasteiger partial charge in [-0.05, 0) is 13.5 Å². The summed E-state index contributed by atoms with van der Waals surface area (Å²) in [7, 11) is 0. The smallest absolute Gasteiger partial charge is 0.106 e. The third-order valence-corrected chi connectivity index (χ3v) is 1.82. The molecule has 0 aromatic carbocycles. The molecule has 0 aromatic rings. The molecular weight excluding hydrogens is 166 g/mol. The first-order valence-corrected chi connectivity index (χ1v) is 4.69. The van der Waals surface area contributed by atoms with Crippen LogP contribution in [0.5, 0.6) is 0 Å². The summed E-state index contributed by atoms with van der Waals surface area (Å²) >= 11 is 0. The minimum atomic E-state index is -0.387. The molecule has 0 fully saturated rings. The van der Waals surface area contributed by atoms with E-state index in [0.717, 1.165) is 19.7 Å². The van der Waals surface area contributed by atoms with Gasteiger partial charge in [-0.25, -0.2) is 0 Å². The highest BCUT2D eigenvalue weighted by molar-refractivity contribution is 4.88. The molecule has 0 aliphatic heterocycles. The summed E-state index contributed by atoms with van der Waals surface area (Å²) in [5, 5.41) is 8.52. The molecule has 0 aromatic heterocycles. The predicted octanol–water partition coefficient (Wildman–Crippen LogP) is 0.196. The van der Waals surface area contributed by atoms with Crippen LogP contribution in [0.25, 0.3) is 0 Å². The number of likely N-dealkylation sites (N-methyl/N-ethyl adjacent to an activating group) is 1. The van der Waals surface area contributed by atoms with E-state index >= 15 is 0 Å². The van der Waals surface area contributed by atoms with Crippen molar-refractivity contribution in [1.82, 2.24) is 4.90 Å². The molecule has 1 atom stereocenters. The maximum absolute atomic E-state index is 8.52. The van der Waals surface area contributed by atoms with Crippen LogP contribution in [0, 0.1) is 11.3 Å². The molecular formula is C9H19N3O. The molecule has 2 N–H and O–H groups in total. The average Bonchev–Trinajstić information content (AvgIpc) is 2.16. The lowest BCUT2D eigenvalue weighted by molar-refractivity contribution is 0.114. The minimum absolute atomic E-state index is 0.387. The van der Waals surface area contributed by atoms with Crippen molar-refractivity contribution in [2.24, 2.45) is 5.73 Å². The van der Waals surface area contributed by atoms with Crippen molar-refractivity contribution in [1.29, 1.82) is 5.26 Å². The van der Waals surface area contributed by atoms with Crippen molar-refractivity contribution >= 4 is 0 Å². The lowest BCUT2D eigenvalue weighted by Crippen LogP contribution is -2.38. The summed E-state index contributed by atoms with van der Waals surface area (Å²) in [6, 6.07) is 1.63. The van der Waals surface area contributed by atoms with E-state index in [-0.39, 0.29) is 6.04 Å². The molecule has 4 heteroatoms. The Hall–Kier alpha value is -0.630. The molecule has 76 valence electrons. The second kappa shape index (κ2) is 7.99. The van der Waals surface area contributed by atoms with E-state index in [1.54, 1.807) is 0 Å². The number of nitrogens with two attached hydrogens (primary N) is 1. The Balaban J connectivity index is 3.58. The quantitative estimate of drug-likeness (QED) is 0.575. The maximum atomic E-state index is 8.52. The van der Waals surface area contributed by atoms with Gasteiger partial charge in [0.15, 0.2) is 0 Å². The van der Waals surface area contributed by atoms with E-state index in [0.29, 0.717) is 13.2 Å². The molecule has 1 unspecified atom stereocenters. The van der Waals surface area contributed by atoms with Crippen LogP contribution in [-0.2, 0) is 4.74 Å². The summed E-state index contributed by atoms with van der Waals surface area (Å²) in [5.41, 5.74) is 5.51. The first-order valence-electron chi connectivity index (χ1n) is 4.69. The Morgan fingerprint density at radius 2 is 2.23 bits per heavy atom. The highest BCUT2D eigenvalue weighted by Gasteiger charge is 2.07. The zero-order valence-corrected chi connectivity index (χ0v) is 8.49. The molecule has 13 heavy (non-hydrogen) atoms. The summed E-state index contributed by atoms with van der Waals surface area (Å²) in [6.45, 7) is 7.85. The molecule has 0 amide bonds. The Morgan fingerprint density at radius 1 is 1.54 bits per heavy atom. The van der Waals surface area contributed by atoms with Crippen molar-refractivity contribution in [2.45, 2.75) is 19.9 Å². The molecule has 0 bridgehead atoms. The molecule has 0 heterocycles. The number of nitrogens with zero attached hydrogens (tertiary/aromatic N) is 2. The second-order valence-corrected chi connectivity index (χ2v) is 2.83. The van der Waals surface area contributed by atoms with Gasteiger partial charge < -0.3 is 10.5 Å². The highest BCUT2D eigenvalue weighted by Crippen LogP contribution is 1.90. The lowest BCUT2D eigenvalue weighted by Gasteiger charge is -2.20. The van der Waals surface area contributed by atoms with E-state index in [9.17, 15) is 0 Å². The molecule has 4 nitrogen and oxygen atoms in total. The normalized spacial score (nSPS) is 12.8. The zero-order chi connectivity index (χ0) is 10.1. The monoisotopic (exact) mass is 185 g/mol. The van der Waals surface area contributed by atoms with Crippen molar-refractivity contribution in [2.75, 3.05) is 32.8 Å². The van der Waals surface area contributed by atoms with Crippen molar-refractivity contribution in [3.05, 3.63) is 0 Å². The molecule has 0 aliphatic carbocycles. The first-order chi connectivity index (χ1) is 6.24. The largest absolute Gasteiger partial charge is 0.380 e. The van der Waals surface area contributed by atoms with Gasteiger partial charge in [0.2, 0.25) is 0 Å². The SMILES string of the molecule is CCOCCN(CC)CC(N)C#N. The van der Waals surface area contributed by atoms with Crippen molar-refractivity contribution in [3.63, 3.8) is 0 Å². The van der Waals surface area contributed by atoms with Crippen LogP contribution in [0.4, 0.5) is 0 Å². The highest BCUT2D eigenvalue weighted by atomic mass is 16.5. The van der Waals surface area contributed by atoms with Crippen molar-refractivity contribution in [3.8, 4) is 6.07 Å². The fraction of sp³-hybridized carbons (Fsp3) is 0.889. The minimum Gasteiger partial charge on any atom is -0.380 e. The zero-order valence-electron chi connectivity index (χ0n) is 8.49. The Kier molecular flexibility index (Phi) is 7.60. The van der Waals surface area contributed by atoms with E-state index in [1.807, 2.05) is 13.0 Å². The van der Waals surface area contributed by atoms with Gasteiger partial charge in [0.25, 0.3) is 0 Å². The number of hydrogen-bond donors (Lipinski definition) is 1. The average molecular weight is 185 g/mol. The van der Waals surface area contributed by atoms with Gasteiger partial charge in [0.1, 0.15) is 6.04 Å². The fourth-order valence-electron chi connectivity index (χ4n) is 1.04. The van der Waals surface area contributed by atoms with Gasteiger partial charge in [-0.3, -0.25) is 4.90 Å². The molecule has 0 aliphatic rings. The molecule has 0 spiro atoms. The predicted molar refractivity (Wildman–Crippen MR) is 52.2 cm³/mol. The van der Waals surface area contributed by atoms with Crippen LogP contribution in [0.15, 0.2) is 0 Å². The van der Waals surface area contributed by atoms with Gasteiger partial charge in [-0.2, -0.15) is 5.26 Å². The van der Waals surface area contributed by atoms with Gasteiger partial charge in [-0.15, -0.1) is 0 Å². The second-order valence-electron chi connectivity index (χ2n) is 2.83. The van der Waals surface area contributed by atoms with E-state index < -0.39 is 0 Å². The molecule has 0 saturated carbocycles. The van der Waals surface area contributed by atoms with Crippen LogP contribution < -0.4 is 5.73 Å². The summed E-state index contributed by atoms with van der Waals surface area (Å²) in [4.78, 5) is 2.11. The van der Waals surface area contributed by atoms with Crippen molar-refractivity contribution < 1.29 is 4.74 Å².